The van der Waals surface area contributed by atoms with Crippen LogP contribution in [0, 0.1) is 0 Å². The molecule has 1 rings (SSSR count). The summed E-state index contributed by atoms with van der Waals surface area (Å²) in [6.45, 7) is 0. The third kappa shape index (κ3) is 3.15. The van der Waals surface area contributed by atoms with Gasteiger partial charge in [-0.25, -0.2) is 21.9 Å². The van der Waals surface area contributed by atoms with Crippen molar-refractivity contribution in [3.05, 3.63) is 34.4 Å². The molecule has 118 valence electrons. The highest BCUT2D eigenvalue weighted by Crippen LogP contribution is 2.18. The Morgan fingerprint density at radius 3 is 0.864 bits per heavy atom. The topological polar surface area (TPSA) is 197 Å². The van der Waals surface area contributed by atoms with E-state index < -0.39 is 45.9 Å². The van der Waals surface area contributed by atoms with Gasteiger partial charge in [-0.05, 0) is 12.1 Å². The van der Waals surface area contributed by atoms with Gasteiger partial charge >= 0.3 is 0 Å². The molecule has 1 aromatic rings. The fraction of sp³-hybridized carbons (Fsp3) is 0. The highest BCUT2D eigenvalue weighted by molar-refractivity contribution is 6.13. The molecule has 12 heteroatoms. The van der Waals surface area contributed by atoms with Gasteiger partial charge in [0.1, 0.15) is 0 Å². The molecule has 4 amide bonds. The van der Waals surface area contributed by atoms with Crippen LogP contribution in [-0.2, 0) is 0 Å². The SMILES string of the molecule is O=C(NO)c1cc(C(=O)NO)c(C(=O)NO)cc1C(=O)NO. The highest BCUT2D eigenvalue weighted by Gasteiger charge is 2.25. The van der Waals surface area contributed by atoms with Crippen LogP contribution in [0.5, 0.6) is 0 Å². The second-order valence-electron chi connectivity index (χ2n) is 3.71. The van der Waals surface area contributed by atoms with Crippen LogP contribution in [0.25, 0.3) is 0 Å². The van der Waals surface area contributed by atoms with Crippen LogP contribution in [0.1, 0.15) is 41.4 Å². The zero-order valence-corrected chi connectivity index (χ0v) is 10.6. The van der Waals surface area contributed by atoms with Crippen molar-refractivity contribution in [1.82, 2.24) is 21.9 Å². The molecule has 0 aliphatic carbocycles. The highest BCUT2D eigenvalue weighted by atomic mass is 16.5. The summed E-state index contributed by atoms with van der Waals surface area (Å²) in [6, 6.07) is 1.37. The normalized spacial score (nSPS) is 9.64. The third-order valence-corrected chi connectivity index (χ3v) is 2.54. The maximum atomic E-state index is 11.5. The standard InChI is InChI=1S/C10H10N4O8/c15-7(11-19)3-1-4(8(16)12-20)6(10(18)14-22)2-5(3)9(17)13-21/h1-2,19-22H,(H,11,15)(H,12,16)(H,13,17)(H,14,18). The summed E-state index contributed by atoms with van der Waals surface area (Å²) in [5.74, 6) is -4.94. The Morgan fingerprint density at radius 2 is 0.727 bits per heavy atom. The Labute approximate surface area is 121 Å². The van der Waals surface area contributed by atoms with Crippen LogP contribution in [0.4, 0.5) is 0 Å². The van der Waals surface area contributed by atoms with E-state index in [-0.39, 0.29) is 0 Å². The van der Waals surface area contributed by atoms with E-state index in [9.17, 15) is 19.2 Å². The van der Waals surface area contributed by atoms with Gasteiger partial charge in [0.25, 0.3) is 23.6 Å². The molecular weight excluding hydrogens is 304 g/mol. The average molecular weight is 314 g/mol. The number of hydrogen-bond donors (Lipinski definition) is 8. The molecule has 0 aliphatic heterocycles. The molecule has 0 aliphatic rings. The molecule has 0 saturated heterocycles. The number of rotatable bonds is 4. The van der Waals surface area contributed by atoms with E-state index >= 15 is 0 Å². The summed E-state index contributed by atoms with van der Waals surface area (Å²) in [5, 5.41) is 34.5. The molecule has 8 N–H and O–H groups in total. The Kier molecular flexibility index (Phi) is 5.48. The number of benzene rings is 1. The Bertz CT molecular complexity index is 538. The first kappa shape index (κ1) is 17.0. The summed E-state index contributed by atoms with van der Waals surface area (Å²) >= 11 is 0. The van der Waals surface area contributed by atoms with E-state index in [1.165, 1.54) is 21.9 Å². The Balaban J connectivity index is 3.70. The van der Waals surface area contributed by atoms with E-state index in [4.69, 9.17) is 20.8 Å². The van der Waals surface area contributed by atoms with Crippen LogP contribution in [0.15, 0.2) is 12.1 Å². The number of amides is 4. The van der Waals surface area contributed by atoms with Crippen molar-refractivity contribution < 1.29 is 40.0 Å². The first-order valence-electron chi connectivity index (χ1n) is 5.37. The van der Waals surface area contributed by atoms with E-state index in [2.05, 4.69) is 0 Å². The van der Waals surface area contributed by atoms with Crippen molar-refractivity contribution in [3.8, 4) is 0 Å². The Hall–Kier alpha value is -3.06. The summed E-state index contributed by atoms with van der Waals surface area (Å²) in [4.78, 5) is 46.0. The number of hydroxylamine groups is 4. The monoisotopic (exact) mass is 314 g/mol. The van der Waals surface area contributed by atoms with Gasteiger partial charge in [-0.1, -0.05) is 0 Å². The molecule has 0 fully saturated rings. The number of carbonyl (C=O) groups excluding carboxylic acids is 4. The zero-order valence-electron chi connectivity index (χ0n) is 10.6. The fourth-order valence-electron chi connectivity index (χ4n) is 1.59. The van der Waals surface area contributed by atoms with Crippen LogP contribution in [0.2, 0.25) is 0 Å². The molecule has 0 aromatic heterocycles. The lowest BCUT2D eigenvalue weighted by molar-refractivity contribution is 0.0658. The molecule has 1 aromatic carbocycles. The van der Waals surface area contributed by atoms with Crippen LogP contribution in [-0.4, -0.2) is 44.5 Å². The minimum absolute atomic E-state index is 0.595. The van der Waals surface area contributed by atoms with E-state index in [0.29, 0.717) is 12.1 Å². The quantitative estimate of drug-likeness (QED) is 0.234. The minimum atomic E-state index is -1.23. The maximum Gasteiger partial charge on any atom is 0.275 e. The molecule has 0 radical (unpaired) electrons. The van der Waals surface area contributed by atoms with Crippen LogP contribution >= 0.6 is 0 Å². The lowest BCUT2D eigenvalue weighted by Crippen LogP contribution is -2.31. The van der Waals surface area contributed by atoms with Crippen molar-refractivity contribution in [2.24, 2.45) is 0 Å². The summed E-state index contributed by atoms with van der Waals surface area (Å²) in [7, 11) is 0. The van der Waals surface area contributed by atoms with Crippen LogP contribution < -0.4 is 21.9 Å². The van der Waals surface area contributed by atoms with Gasteiger partial charge in [0, 0.05) is 0 Å². The molecule has 0 unspecified atom stereocenters. The molecule has 0 heterocycles. The fourth-order valence-corrected chi connectivity index (χ4v) is 1.59. The molecule has 0 spiro atoms. The first-order chi connectivity index (χ1) is 10.4. The maximum absolute atomic E-state index is 11.5. The van der Waals surface area contributed by atoms with Gasteiger partial charge in [-0.2, -0.15) is 0 Å². The van der Waals surface area contributed by atoms with Gasteiger partial charge < -0.3 is 0 Å². The van der Waals surface area contributed by atoms with E-state index in [1.54, 1.807) is 0 Å². The van der Waals surface area contributed by atoms with Gasteiger partial charge in [0.15, 0.2) is 0 Å². The molecule has 22 heavy (non-hydrogen) atoms. The van der Waals surface area contributed by atoms with Gasteiger partial charge in [0.05, 0.1) is 22.3 Å². The largest absolute Gasteiger partial charge is 0.288 e. The predicted octanol–water partition coefficient (Wildman–Crippen LogP) is -1.84. The lowest BCUT2D eigenvalue weighted by atomic mass is 9.96. The van der Waals surface area contributed by atoms with E-state index in [1.807, 2.05) is 0 Å². The first-order valence-corrected chi connectivity index (χ1v) is 5.37. The second-order valence-corrected chi connectivity index (χ2v) is 3.71. The van der Waals surface area contributed by atoms with Crippen molar-refractivity contribution in [2.45, 2.75) is 0 Å². The average Bonchev–Trinajstić information content (AvgIpc) is 2.57. The summed E-state index contributed by atoms with van der Waals surface area (Å²) < 4.78 is 0. The molecule has 0 atom stereocenters. The molecule has 0 bridgehead atoms. The van der Waals surface area contributed by atoms with Gasteiger partial charge in [-0.3, -0.25) is 40.0 Å². The van der Waals surface area contributed by atoms with Crippen molar-refractivity contribution in [2.75, 3.05) is 0 Å². The summed E-state index contributed by atoms with van der Waals surface area (Å²) in [5.41, 5.74) is 2.43. The molecule has 12 nitrogen and oxygen atoms in total. The second kappa shape index (κ2) is 7.09. The van der Waals surface area contributed by atoms with Crippen molar-refractivity contribution >= 4 is 23.6 Å². The van der Waals surface area contributed by atoms with E-state index in [0.717, 1.165) is 0 Å². The summed E-state index contributed by atoms with van der Waals surface area (Å²) in [6.07, 6.45) is 0. The number of nitrogens with one attached hydrogen (secondary N) is 4. The Morgan fingerprint density at radius 1 is 0.545 bits per heavy atom. The molecule has 0 saturated carbocycles. The number of hydrogen-bond acceptors (Lipinski definition) is 8. The van der Waals surface area contributed by atoms with Crippen molar-refractivity contribution in [1.29, 1.82) is 0 Å². The van der Waals surface area contributed by atoms with Gasteiger partial charge in [0.2, 0.25) is 0 Å². The van der Waals surface area contributed by atoms with Crippen molar-refractivity contribution in [3.63, 3.8) is 0 Å². The van der Waals surface area contributed by atoms with Gasteiger partial charge in [-0.15, -0.1) is 0 Å². The predicted molar refractivity (Wildman–Crippen MR) is 63.5 cm³/mol. The third-order valence-electron chi connectivity index (χ3n) is 2.54. The zero-order chi connectivity index (χ0) is 16.9. The minimum Gasteiger partial charge on any atom is -0.288 e. The van der Waals surface area contributed by atoms with Crippen LogP contribution in [0.3, 0.4) is 0 Å². The molecular formula is C10H10N4O8. The smallest absolute Gasteiger partial charge is 0.275 e. The number of carbonyl (C=O) groups is 4. The lowest BCUT2D eigenvalue weighted by Gasteiger charge is -2.12.